The van der Waals surface area contributed by atoms with Crippen molar-refractivity contribution in [2.45, 2.75) is 18.9 Å². The zero-order chi connectivity index (χ0) is 18.4. The molecular weight excluding hydrogens is 372 g/mol. The summed E-state index contributed by atoms with van der Waals surface area (Å²) in [5.74, 6) is -0.365. The molecule has 1 aromatic rings. The zero-order valence-corrected chi connectivity index (χ0v) is 16.4. The van der Waals surface area contributed by atoms with E-state index in [1.165, 1.54) is 7.11 Å². The molecular formula is C18H27ClN4O4. The number of aromatic nitrogens is 1. The molecule has 0 aromatic carbocycles. The number of halogens is 1. The molecule has 0 unspecified atom stereocenters. The van der Waals surface area contributed by atoms with Crippen molar-refractivity contribution in [1.82, 2.24) is 14.8 Å². The highest BCUT2D eigenvalue weighted by atomic mass is 35.5. The maximum absolute atomic E-state index is 12.7. The van der Waals surface area contributed by atoms with E-state index >= 15 is 0 Å². The van der Waals surface area contributed by atoms with E-state index in [1.54, 1.807) is 12.4 Å². The lowest BCUT2D eigenvalue weighted by Crippen LogP contribution is -2.54. The Kier molecular flexibility index (Phi) is 8.12. The number of carbonyl (C=O) groups excluding carboxylic acids is 2. The van der Waals surface area contributed by atoms with Gasteiger partial charge in [0.15, 0.2) is 0 Å². The lowest BCUT2D eigenvalue weighted by molar-refractivity contribution is -0.148. The van der Waals surface area contributed by atoms with Crippen LogP contribution < -0.4 is 4.90 Å². The van der Waals surface area contributed by atoms with Crippen LogP contribution in [0, 0.1) is 0 Å². The Morgan fingerprint density at radius 2 is 1.63 bits per heavy atom. The Hall–Kier alpha value is -2.06. The number of likely N-dealkylation sites (tertiary alicyclic amines) is 1. The molecule has 2 amide bonds. The molecule has 27 heavy (non-hydrogen) atoms. The zero-order valence-electron chi connectivity index (χ0n) is 15.6. The fraction of sp³-hybridized carbons (Fsp3) is 0.611. The molecule has 2 fully saturated rings. The summed E-state index contributed by atoms with van der Waals surface area (Å²) >= 11 is 0. The van der Waals surface area contributed by atoms with Crippen LogP contribution in [0.5, 0.6) is 0 Å². The van der Waals surface area contributed by atoms with Gasteiger partial charge < -0.3 is 24.2 Å². The molecule has 0 radical (unpaired) electrons. The number of rotatable bonds is 4. The first-order valence-corrected chi connectivity index (χ1v) is 9.04. The number of anilines is 1. The van der Waals surface area contributed by atoms with Crippen molar-refractivity contribution in [3.05, 3.63) is 24.5 Å². The van der Waals surface area contributed by atoms with Gasteiger partial charge in [-0.2, -0.15) is 0 Å². The van der Waals surface area contributed by atoms with Crippen molar-refractivity contribution in [1.29, 1.82) is 0 Å². The first-order chi connectivity index (χ1) is 12.7. The largest absolute Gasteiger partial charge is 0.467 e. The lowest BCUT2D eigenvalue weighted by Gasteiger charge is -2.40. The van der Waals surface area contributed by atoms with Crippen molar-refractivity contribution < 1.29 is 19.1 Å². The van der Waals surface area contributed by atoms with E-state index in [0.717, 1.165) is 44.7 Å². The summed E-state index contributed by atoms with van der Waals surface area (Å²) < 4.78 is 10.1. The molecule has 0 saturated carbocycles. The van der Waals surface area contributed by atoms with E-state index in [1.807, 2.05) is 21.9 Å². The number of amides is 2. The number of piperazine rings is 1. The van der Waals surface area contributed by atoms with Crippen LogP contribution >= 0.6 is 12.4 Å². The van der Waals surface area contributed by atoms with Crippen molar-refractivity contribution in [3.63, 3.8) is 0 Å². The van der Waals surface area contributed by atoms with E-state index < -0.39 is 0 Å². The molecule has 2 saturated heterocycles. The van der Waals surface area contributed by atoms with Crippen LogP contribution in [-0.4, -0.2) is 85.9 Å². The summed E-state index contributed by atoms with van der Waals surface area (Å²) in [7, 11) is 1.35. The number of nitrogens with zero attached hydrogens (tertiary/aromatic N) is 4. The van der Waals surface area contributed by atoms with E-state index in [4.69, 9.17) is 4.74 Å². The third-order valence-electron chi connectivity index (χ3n) is 4.96. The maximum Gasteiger partial charge on any atom is 0.331 e. The smallest absolute Gasteiger partial charge is 0.331 e. The molecule has 8 nitrogen and oxygen atoms in total. The van der Waals surface area contributed by atoms with Crippen molar-refractivity contribution >= 4 is 30.1 Å². The van der Waals surface area contributed by atoms with Gasteiger partial charge in [0.25, 0.3) is 0 Å². The van der Waals surface area contributed by atoms with Crippen molar-refractivity contribution in [3.8, 4) is 0 Å². The molecule has 0 atom stereocenters. The van der Waals surface area contributed by atoms with Gasteiger partial charge in [-0.1, -0.05) is 0 Å². The van der Waals surface area contributed by atoms with Gasteiger partial charge in [0.2, 0.25) is 0 Å². The van der Waals surface area contributed by atoms with Crippen LogP contribution in [0.4, 0.5) is 10.5 Å². The number of hydrogen-bond acceptors (Lipinski definition) is 6. The van der Waals surface area contributed by atoms with E-state index in [2.05, 4.69) is 14.6 Å². The molecule has 0 spiro atoms. The molecule has 3 rings (SSSR count). The fourth-order valence-electron chi connectivity index (χ4n) is 3.37. The Morgan fingerprint density at radius 1 is 1.04 bits per heavy atom. The van der Waals surface area contributed by atoms with Gasteiger partial charge in [-0.25, -0.2) is 9.59 Å². The van der Waals surface area contributed by atoms with Gasteiger partial charge in [0, 0.05) is 57.3 Å². The minimum Gasteiger partial charge on any atom is -0.467 e. The standard InChI is InChI=1S/C18H26N4O4.ClH/c1-25-17(23)14-26-16-4-8-21(9-5-16)18(24)22-12-10-20(11-13-22)15-2-6-19-7-3-15;/h2-3,6-7,16H,4-5,8-14H2,1H3;1H. The number of piperidine rings is 1. The Balaban J connectivity index is 0.00000261. The third kappa shape index (κ3) is 5.71. The van der Waals surface area contributed by atoms with Gasteiger partial charge in [-0.3, -0.25) is 4.98 Å². The number of urea groups is 1. The van der Waals surface area contributed by atoms with Crippen LogP contribution in [0.2, 0.25) is 0 Å². The molecule has 9 heteroatoms. The fourth-order valence-corrected chi connectivity index (χ4v) is 3.37. The molecule has 0 bridgehead atoms. The summed E-state index contributed by atoms with van der Waals surface area (Å²) in [6.07, 6.45) is 5.10. The van der Waals surface area contributed by atoms with Crippen molar-refractivity contribution in [2.75, 3.05) is 57.9 Å². The van der Waals surface area contributed by atoms with Crippen LogP contribution in [0.15, 0.2) is 24.5 Å². The highest BCUT2D eigenvalue weighted by Crippen LogP contribution is 2.18. The van der Waals surface area contributed by atoms with Gasteiger partial charge in [0.1, 0.15) is 6.61 Å². The Labute approximate surface area is 165 Å². The van der Waals surface area contributed by atoms with E-state index in [9.17, 15) is 9.59 Å². The second-order valence-corrected chi connectivity index (χ2v) is 6.54. The van der Waals surface area contributed by atoms with Crippen LogP contribution in [0.1, 0.15) is 12.8 Å². The second-order valence-electron chi connectivity index (χ2n) is 6.54. The maximum atomic E-state index is 12.7. The summed E-state index contributed by atoms with van der Waals surface area (Å²) in [6.45, 7) is 4.40. The van der Waals surface area contributed by atoms with Crippen LogP contribution in [-0.2, 0) is 14.3 Å². The topological polar surface area (TPSA) is 75.2 Å². The molecule has 3 heterocycles. The van der Waals surface area contributed by atoms with E-state index in [0.29, 0.717) is 13.1 Å². The van der Waals surface area contributed by atoms with Gasteiger partial charge >= 0.3 is 12.0 Å². The predicted molar refractivity (Wildman–Crippen MR) is 103 cm³/mol. The number of esters is 1. The molecule has 0 N–H and O–H groups in total. The van der Waals surface area contributed by atoms with Gasteiger partial charge in [0.05, 0.1) is 13.2 Å². The Bertz CT molecular complexity index is 603. The normalized spacial score (nSPS) is 18.0. The number of hydrogen-bond donors (Lipinski definition) is 0. The summed E-state index contributed by atoms with van der Waals surface area (Å²) in [6, 6.07) is 4.10. The predicted octanol–water partition coefficient (Wildman–Crippen LogP) is 1.40. The van der Waals surface area contributed by atoms with E-state index in [-0.39, 0.29) is 37.1 Å². The van der Waals surface area contributed by atoms with Gasteiger partial charge in [-0.15, -0.1) is 12.4 Å². The summed E-state index contributed by atoms with van der Waals surface area (Å²) in [4.78, 5) is 34.0. The average molecular weight is 399 g/mol. The highest BCUT2D eigenvalue weighted by molar-refractivity contribution is 5.85. The molecule has 0 aliphatic carbocycles. The summed E-state index contributed by atoms with van der Waals surface area (Å²) in [5.41, 5.74) is 1.15. The first kappa shape index (κ1) is 21.2. The SMILES string of the molecule is COC(=O)COC1CCN(C(=O)N2CCN(c3ccncc3)CC2)CC1.Cl. The quantitative estimate of drug-likeness (QED) is 0.714. The minimum absolute atomic E-state index is 0. The second kappa shape index (κ2) is 10.3. The third-order valence-corrected chi connectivity index (χ3v) is 4.96. The molecule has 1 aromatic heterocycles. The lowest BCUT2D eigenvalue weighted by atomic mass is 10.1. The highest BCUT2D eigenvalue weighted by Gasteiger charge is 2.29. The summed E-state index contributed by atoms with van der Waals surface area (Å²) in [5, 5.41) is 0. The molecule has 150 valence electrons. The monoisotopic (exact) mass is 398 g/mol. The first-order valence-electron chi connectivity index (χ1n) is 9.04. The number of ether oxygens (including phenoxy) is 2. The average Bonchev–Trinajstić information content (AvgIpc) is 2.72. The minimum atomic E-state index is -0.365. The van der Waals surface area contributed by atoms with Crippen LogP contribution in [0.25, 0.3) is 0 Å². The van der Waals surface area contributed by atoms with Gasteiger partial charge in [-0.05, 0) is 25.0 Å². The molecule has 2 aliphatic rings. The van der Waals surface area contributed by atoms with Crippen LogP contribution in [0.3, 0.4) is 0 Å². The number of carbonyl (C=O) groups is 2. The number of pyridine rings is 1. The number of methoxy groups -OCH3 is 1. The van der Waals surface area contributed by atoms with Crippen molar-refractivity contribution in [2.24, 2.45) is 0 Å². The molecule has 2 aliphatic heterocycles. The Morgan fingerprint density at radius 3 is 2.22 bits per heavy atom.